The third-order valence-corrected chi connectivity index (χ3v) is 9.37. The van der Waals surface area contributed by atoms with Gasteiger partial charge in [0.25, 0.3) is 5.91 Å². The van der Waals surface area contributed by atoms with E-state index in [1.165, 1.54) is 28.8 Å². The predicted octanol–water partition coefficient (Wildman–Crippen LogP) is 9.04. The first kappa shape index (κ1) is 31.2. The smallest absolute Gasteiger partial charge is 0.339 e. The van der Waals surface area contributed by atoms with E-state index in [0.29, 0.717) is 41.5 Å². The van der Waals surface area contributed by atoms with E-state index in [0.717, 1.165) is 5.56 Å². The van der Waals surface area contributed by atoms with E-state index in [4.69, 9.17) is 37.1 Å². The van der Waals surface area contributed by atoms with Gasteiger partial charge < -0.3 is 8.92 Å². The van der Waals surface area contributed by atoms with E-state index in [9.17, 15) is 13.2 Å². The van der Waals surface area contributed by atoms with Gasteiger partial charge in [0.2, 0.25) is 0 Å². The monoisotopic (exact) mass is 716 g/mol. The molecule has 0 saturated carbocycles. The van der Waals surface area contributed by atoms with Gasteiger partial charge in [0.15, 0.2) is 16.7 Å². The number of thioether (sulfide) groups is 1. The number of amides is 1. The summed E-state index contributed by atoms with van der Waals surface area (Å²) in [5, 5.41) is 1.55. The molecule has 4 aromatic carbocycles. The van der Waals surface area contributed by atoms with Gasteiger partial charge in [-0.1, -0.05) is 40.9 Å². The van der Waals surface area contributed by atoms with Crippen molar-refractivity contribution in [2.75, 3.05) is 11.5 Å². The molecule has 43 heavy (non-hydrogen) atoms. The first-order valence-electron chi connectivity index (χ1n) is 12.9. The highest BCUT2D eigenvalue weighted by Gasteiger charge is 2.35. The van der Waals surface area contributed by atoms with Crippen LogP contribution in [0.15, 0.2) is 104 Å². The molecule has 220 valence electrons. The van der Waals surface area contributed by atoms with Crippen LogP contribution in [0.4, 0.5) is 11.4 Å². The molecular formula is C31H23BrCl2N2O5S2. The minimum Gasteiger partial charge on any atom is -0.490 e. The van der Waals surface area contributed by atoms with E-state index in [1.807, 2.05) is 6.92 Å². The van der Waals surface area contributed by atoms with Crippen molar-refractivity contribution in [3.63, 3.8) is 0 Å². The fraction of sp³-hybridized carbons (Fsp3) is 0.0968. The minimum atomic E-state index is -4.14. The molecule has 0 unspecified atom stereocenters. The number of amidine groups is 1. The number of ether oxygens (including phenoxy) is 1. The van der Waals surface area contributed by atoms with E-state index in [1.54, 1.807) is 85.8 Å². The number of halogens is 3. The predicted molar refractivity (Wildman–Crippen MR) is 177 cm³/mol. The van der Waals surface area contributed by atoms with Crippen LogP contribution in [0, 0.1) is 6.92 Å². The molecule has 4 aromatic rings. The van der Waals surface area contributed by atoms with Gasteiger partial charge in [0.05, 0.1) is 27.4 Å². The summed E-state index contributed by atoms with van der Waals surface area (Å²) in [6.07, 6.45) is 1.69. The van der Waals surface area contributed by atoms with Gasteiger partial charge in [-0.05, 0) is 126 Å². The quantitative estimate of drug-likeness (QED) is 0.134. The van der Waals surface area contributed by atoms with Crippen LogP contribution >= 0.6 is 50.9 Å². The molecule has 0 aromatic heterocycles. The van der Waals surface area contributed by atoms with Crippen LogP contribution in [0.1, 0.15) is 18.1 Å². The Balaban J connectivity index is 1.52. The van der Waals surface area contributed by atoms with Gasteiger partial charge >= 0.3 is 10.1 Å². The van der Waals surface area contributed by atoms with Gasteiger partial charge in [-0.25, -0.2) is 4.99 Å². The summed E-state index contributed by atoms with van der Waals surface area (Å²) in [5.74, 6) is -0.0985. The molecule has 0 bridgehead atoms. The summed E-state index contributed by atoms with van der Waals surface area (Å²) < 4.78 is 37.7. The van der Waals surface area contributed by atoms with Crippen LogP contribution in [0.3, 0.4) is 0 Å². The minimum absolute atomic E-state index is 0.00255. The first-order chi connectivity index (χ1) is 20.5. The Morgan fingerprint density at radius 2 is 1.58 bits per heavy atom. The van der Waals surface area contributed by atoms with Crippen molar-refractivity contribution in [2.45, 2.75) is 18.7 Å². The number of hydrogen-bond donors (Lipinski definition) is 0. The highest BCUT2D eigenvalue weighted by Crippen LogP contribution is 2.42. The first-order valence-corrected chi connectivity index (χ1v) is 16.6. The molecule has 12 heteroatoms. The number of anilines is 1. The number of aliphatic imine (C=N–C) groups is 1. The Hall–Kier alpha value is -3.28. The van der Waals surface area contributed by atoms with Crippen LogP contribution in [-0.4, -0.2) is 26.1 Å². The van der Waals surface area contributed by atoms with Crippen LogP contribution in [0.2, 0.25) is 10.0 Å². The normalized spacial score (nSPS) is 15.4. The topological polar surface area (TPSA) is 85.3 Å². The largest absolute Gasteiger partial charge is 0.490 e. The molecular weight excluding hydrogens is 695 g/mol. The standard InChI is InChI=1S/C31H23BrCl2N2O5S2/c1-3-40-27-17-20(16-26(32)29(27)41-43(38,39)25-14-4-19(2)5-15-25)18-28-30(37)36(24-12-8-22(34)9-13-24)31(42-28)35-23-10-6-21(33)7-11-23/h4-18H,3H2,1-2H3/b28-18-,35-31?. The highest BCUT2D eigenvalue weighted by molar-refractivity contribution is 9.10. The molecule has 1 aliphatic heterocycles. The van der Waals surface area contributed by atoms with E-state index in [2.05, 4.69) is 15.9 Å². The van der Waals surface area contributed by atoms with Crippen molar-refractivity contribution >= 4 is 89.5 Å². The third-order valence-electron chi connectivity index (χ3n) is 6.07. The maximum Gasteiger partial charge on any atom is 0.339 e. The van der Waals surface area contributed by atoms with E-state index < -0.39 is 10.1 Å². The molecule has 0 atom stereocenters. The maximum absolute atomic E-state index is 13.7. The zero-order chi connectivity index (χ0) is 30.7. The molecule has 0 N–H and O–H groups in total. The number of hydrogen-bond acceptors (Lipinski definition) is 7. The van der Waals surface area contributed by atoms with E-state index >= 15 is 0 Å². The summed E-state index contributed by atoms with van der Waals surface area (Å²) in [4.78, 5) is 20.3. The average Bonchev–Trinajstić information content (AvgIpc) is 3.26. The summed E-state index contributed by atoms with van der Waals surface area (Å²) in [6, 6.07) is 23.5. The Labute approximate surface area is 272 Å². The third kappa shape index (κ3) is 7.27. The summed E-state index contributed by atoms with van der Waals surface area (Å²) in [6.45, 7) is 3.89. The Morgan fingerprint density at radius 3 is 2.21 bits per heavy atom. The second kappa shape index (κ2) is 13.2. The molecule has 0 radical (unpaired) electrons. The number of rotatable bonds is 8. The SMILES string of the molecule is CCOc1cc(/C=C2\SC(=Nc3ccc(Cl)cc3)N(c3ccc(Cl)cc3)C2=O)cc(Br)c1OS(=O)(=O)c1ccc(C)cc1. The van der Waals surface area contributed by atoms with Gasteiger partial charge in [-0.3, -0.25) is 9.69 Å². The molecule has 1 amide bonds. The lowest BCUT2D eigenvalue weighted by Crippen LogP contribution is -2.28. The molecule has 0 aliphatic carbocycles. The molecule has 1 saturated heterocycles. The van der Waals surface area contributed by atoms with E-state index in [-0.39, 0.29) is 28.9 Å². The fourth-order valence-electron chi connectivity index (χ4n) is 4.02. The summed E-state index contributed by atoms with van der Waals surface area (Å²) >= 11 is 16.8. The lowest BCUT2D eigenvalue weighted by molar-refractivity contribution is -0.113. The zero-order valence-electron chi connectivity index (χ0n) is 22.8. The van der Waals surface area contributed by atoms with Crippen molar-refractivity contribution < 1.29 is 22.1 Å². The molecule has 7 nitrogen and oxygen atoms in total. The number of carbonyl (C=O) groups excluding carboxylic acids is 1. The fourth-order valence-corrected chi connectivity index (χ4v) is 6.88. The second-order valence-corrected chi connectivity index (χ2v) is 13.5. The lowest BCUT2D eigenvalue weighted by atomic mass is 10.2. The van der Waals surface area contributed by atoms with Gasteiger partial charge in [-0.2, -0.15) is 8.42 Å². The number of carbonyl (C=O) groups is 1. The highest BCUT2D eigenvalue weighted by atomic mass is 79.9. The lowest BCUT2D eigenvalue weighted by Gasteiger charge is -2.16. The summed E-state index contributed by atoms with van der Waals surface area (Å²) in [5.41, 5.74) is 2.72. The van der Waals surface area contributed by atoms with Crippen LogP contribution in [0.5, 0.6) is 11.5 Å². The molecule has 1 fully saturated rings. The zero-order valence-corrected chi connectivity index (χ0v) is 27.5. The maximum atomic E-state index is 13.7. The van der Waals surface area contributed by atoms with Gasteiger partial charge in [0, 0.05) is 10.0 Å². The van der Waals surface area contributed by atoms with Gasteiger partial charge in [-0.15, -0.1) is 0 Å². The molecule has 0 spiro atoms. The number of benzene rings is 4. The molecule has 1 aliphatic rings. The average molecular weight is 718 g/mol. The Kier molecular flexibility index (Phi) is 9.53. The summed E-state index contributed by atoms with van der Waals surface area (Å²) in [7, 11) is -4.14. The van der Waals surface area contributed by atoms with Crippen LogP contribution in [0.25, 0.3) is 6.08 Å². The van der Waals surface area contributed by atoms with Gasteiger partial charge in [0.1, 0.15) is 4.90 Å². The van der Waals surface area contributed by atoms with Crippen LogP contribution in [-0.2, 0) is 14.9 Å². The molecule has 1 heterocycles. The van der Waals surface area contributed by atoms with Crippen LogP contribution < -0.4 is 13.8 Å². The van der Waals surface area contributed by atoms with Crippen molar-refractivity contribution in [3.05, 3.63) is 115 Å². The Morgan fingerprint density at radius 1 is 0.953 bits per heavy atom. The van der Waals surface area contributed by atoms with Crippen molar-refractivity contribution in [3.8, 4) is 11.5 Å². The Bertz CT molecular complexity index is 1850. The van der Waals surface area contributed by atoms with Crippen molar-refractivity contribution in [2.24, 2.45) is 4.99 Å². The van der Waals surface area contributed by atoms with Crippen molar-refractivity contribution in [1.82, 2.24) is 0 Å². The number of nitrogens with zero attached hydrogens (tertiary/aromatic N) is 2. The molecule has 5 rings (SSSR count). The van der Waals surface area contributed by atoms with Crippen molar-refractivity contribution in [1.29, 1.82) is 0 Å². The second-order valence-electron chi connectivity index (χ2n) is 9.21. The number of aryl methyl sites for hydroxylation is 1.